The SMILES string of the molecule is COC(=O)C1CC[NH+](CC(=O)N2c3ccccc3OC[C@@H]2c2ccccc2)CC1. The third-order valence-corrected chi connectivity index (χ3v) is 5.91. The Kier molecular flexibility index (Phi) is 5.81. The van der Waals surface area contributed by atoms with Gasteiger partial charge in [0.1, 0.15) is 12.4 Å². The molecule has 152 valence electrons. The van der Waals surface area contributed by atoms with Crippen molar-refractivity contribution in [1.82, 2.24) is 0 Å². The Bertz CT molecular complexity index is 862. The number of para-hydroxylation sites is 2. The predicted octanol–water partition coefficient (Wildman–Crippen LogP) is 1.62. The van der Waals surface area contributed by atoms with Crippen LogP contribution in [0.3, 0.4) is 0 Å². The Labute approximate surface area is 171 Å². The van der Waals surface area contributed by atoms with Gasteiger partial charge in [0, 0.05) is 12.8 Å². The standard InChI is InChI=1S/C23H26N2O4/c1-28-23(27)18-11-13-24(14-12-18)15-22(26)25-19-9-5-6-10-21(19)29-16-20(25)17-7-3-2-4-8-17/h2-10,18,20H,11-16H2,1H3/p+1/t20-/m1/s1. The van der Waals surface area contributed by atoms with Crippen LogP contribution in [0.4, 0.5) is 5.69 Å². The minimum atomic E-state index is -0.148. The average Bonchev–Trinajstić information content (AvgIpc) is 2.78. The lowest BCUT2D eigenvalue weighted by Crippen LogP contribution is -3.14. The molecule has 1 saturated heterocycles. The van der Waals surface area contributed by atoms with Crippen molar-refractivity contribution in [1.29, 1.82) is 0 Å². The number of likely N-dealkylation sites (tertiary alicyclic amines) is 1. The summed E-state index contributed by atoms with van der Waals surface area (Å²) in [5.74, 6) is 0.648. The largest absolute Gasteiger partial charge is 0.489 e. The van der Waals surface area contributed by atoms with E-state index in [2.05, 4.69) is 0 Å². The number of piperidine rings is 1. The predicted molar refractivity (Wildman–Crippen MR) is 109 cm³/mol. The van der Waals surface area contributed by atoms with Crippen LogP contribution in [-0.4, -0.2) is 45.2 Å². The second kappa shape index (κ2) is 8.66. The van der Waals surface area contributed by atoms with Gasteiger partial charge in [-0.1, -0.05) is 42.5 Å². The number of anilines is 1. The van der Waals surface area contributed by atoms with Crippen LogP contribution in [0.15, 0.2) is 54.6 Å². The molecule has 0 saturated carbocycles. The zero-order chi connectivity index (χ0) is 20.2. The smallest absolute Gasteiger partial charge is 0.309 e. The molecule has 4 rings (SSSR count). The van der Waals surface area contributed by atoms with Crippen molar-refractivity contribution < 1.29 is 24.0 Å². The lowest BCUT2D eigenvalue weighted by molar-refractivity contribution is -0.897. The van der Waals surface area contributed by atoms with E-state index in [4.69, 9.17) is 9.47 Å². The Morgan fingerprint density at radius 1 is 1.07 bits per heavy atom. The van der Waals surface area contributed by atoms with Gasteiger partial charge in [-0.05, 0) is 17.7 Å². The van der Waals surface area contributed by atoms with Gasteiger partial charge in [-0.2, -0.15) is 0 Å². The first-order valence-corrected chi connectivity index (χ1v) is 10.2. The van der Waals surface area contributed by atoms with Crippen LogP contribution in [-0.2, 0) is 14.3 Å². The fraction of sp³-hybridized carbons (Fsp3) is 0.391. The van der Waals surface area contributed by atoms with Gasteiger partial charge in [0.25, 0.3) is 5.91 Å². The van der Waals surface area contributed by atoms with Gasteiger partial charge in [0.15, 0.2) is 6.54 Å². The quantitative estimate of drug-likeness (QED) is 0.800. The highest BCUT2D eigenvalue weighted by Gasteiger charge is 2.36. The summed E-state index contributed by atoms with van der Waals surface area (Å²) in [6, 6.07) is 17.6. The number of benzene rings is 2. The maximum absolute atomic E-state index is 13.4. The minimum Gasteiger partial charge on any atom is -0.489 e. The summed E-state index contributed by atoms with van der Waals surface area (Å²) < 4.78 is 10.8. The molecule has 2 aliphatic heterocycles. The number of hydrogen-bond acceptors (Lipinski definition) is 4. The molecule has 0 aromatic heterocycles. The normalized spacial score (nSPS) is 23.6. The lowest BCUT2D eigenvalue weighted by Gasteiger charge is -2.38. The molecule has 1 atom stereocenters. The molecular weight excluding hydrogens is 368 g/mol. The molecular formula is C23H27N2O4+. The van der Waals surface area contributed by atoms with E-state index in [0.717, 1.165) is 42.9 Å². The number of nitrogens with one attached hydrogen (secondary N) is 1. The second-order valence-electron chi connectivity index (χ2n) is 7.69. The van der Waals surface area contributed by atoms with Gasteiger partial charge in [0.05, 0.1) is 37.8 Å². The molecule has 0 unspecified atom stereocenters. The Balaban J connectivity index is 1.52. The first kappa shape index (κ1) is 19.5. The van der Waals surface area contributed by atoms with Crippen LogP contribution >= 0.6 is 0 Å². The van der Waals surface area contributed by atoms with E-state index in [-0.39, 0.29) is 23.8 Å². The van der Waals surface area contributed by atoms with Crippen molar-refractivity contribution in [3.8, 4) is 5.75 Å². The van der Waals surface area contributed by atoms with Crippen molar-refractivity contribution in [2.45, 2.75) is 18.9 Å². The summed E-state index contributed by atoms with van der Waals surface area (Å²) in [5.41, 5.74) is 1.89. The Morgan fingerprint density at radius 2 is 1.76 bits per heavy atom. The van der Waals surface area contributed by atoms with Crippen LogP contribution in [0.2, 0.25) is 0 Å². The van der Waals surface area contributed by atoms with Gasteiger partial charge in [-0.3, -0.25) is 14.5 Å². The molecule has 29 heavy (non-hydrogen) atoms. The molecule has 1 fully saturated rings. The molecule has 6 nitrogen and oxygen atoms in total. The van der Waals surface area contributed by atoms with E-state index in [1.54, 1.807) is 0 Å². The van der Waals surface area contributed by atoms with Gasteiger partial charge >= 0.3 is 5.97 Å². The number of rotatable bonds is 4. The summed E-state index contributed by atoms with van der Waals surface area (Å²) in [7, 11) is 1.44. The van der Waals surface area contributed by atoms with E-state index in [0.29, 0.717) is 13.2 Å². The number of esters is 1. The number of methoxy groups -OCH3 is 1. The number of quaternary nitrogens is 1. The fourth-order valence-corrected chi connectivity index (χ4v) is 4.32. The Hall–Kier alpha value is -2.86. The summed E-state index contributed by atoms with van der Waals surface area (Å²) >= 11 is 0. The number of carbonyl (C=O) groups excluding carboxylic acids is 2. The molecule has 6 heteroatoms. The first-order chi connectivity index (χ1) is 14.2. The highest BCUT2D eigenvalue weighted by molar-refractivity contribution is 5.96. The maximum Gasteiger partial charge on any atom is 0.309 e. The van der Waals surface area contributed by atoms with E-state index in [9.17, 15) is 9.59 Å². The number of amides is 1. The number of fused-ring (bicyclic) bond motifs is 1. The van der Waals surface area contributed by atoms with Crippen LogP contribution in [0.1, 0.15) is 24.4 Å². The van der Waals surface area contributed by atoms with Gasteiger partial charge < -0.3 is 14.4 Å². The lowest BCUT2D eigenvalue weighted by atomic mass is 9.97. The van der Waals surface area contributed by atoms with Crippen molar-refractivity contribution in [2.24, 2.45) is 5.92 Å². The molecule has 2 heterocycles. The molecule has 2 aliphatic rings. The van der Waals surface area contributed by atoms with Crippen LogP contribution in [0.5, 0.6) is 5.75 Å². The molecule has 2 aromatic carbocycles. The molecule has 0 radical (unpaired) electrons. The van der Waals surface area contributed by atoms with Crippen molar-refractivity contribution in [3.63, 3.8) is 0 Å². The molecule has 2 aromatic rings. The zero-order valence-electron chi connectivity index (χ0n) is 16.7. The number of nitrogens with zero attached hydrogens (tertiary/aromatic N) is 1. The molecule has 1 amide bonds. The summed E-state index contributed by atoms with van der Waals surface area (Å²) in [6.45, 7) is 2.44. The van der Waals surface area contributed by atoms with Crippen molar-refractivity contribution in [3.05, 3.63) is 60.2 Å². The highest BCUT2D eigenvalue weighted by atomic mass is 16.5. The van der Waals surface area contributed by atoms with Crippen molar-refractivity contribution in [2.75, 3.05) is 38.3 Å². The topological polar surface area (TPSA) is 60.3 Å². The number of hydrogen-bond donors (Lipinski definition) is 1. The number of carbonyl (C=O) groups is 2. The highest BCUT2D eigenvalue weighted by Crippen LogP contribution is 2.39. The van der Waals surface area contributed by atoms with E-state index in [1.165, 1.54) is 12.0 Å². The van der Waals surface area contributed by atoms with Crippen LogP contribution in [0, 0.1) is 5.92 Å². The third-order valence-electron chi connectivity index (χ3n) is 5.91. The molecule has 0 aliphatic carbocycles. The van der Waals surface area contributed by atoms with Gasteiger partial charge in [-0.15, -0.1) is 0 Å². The molecule has 0 spiro atoms. The zero-order valence-corrected chi connectivity index (χ0v) is 16.7. The summed E-state index contributed by atoms with van der Waals surface area (Å²) in [4.78, 5) is 28.3. The van der Waals surface area contributed by atoms with E-state index in [1.807, 2.05) is 59.5 Å². The minimum absolute atomic E-state index is 0.0416. The molecule has 1 N–H and O–H groups in total. The fourth-order valence-electron chi connectivity index (χ4n) is 4.32. The van der Waals surface area contributed by atoms with Gasteiger partial charge in [0.2, 0.25) is 0 Å². The third kappa shape index (κ3) is 4.12. The maximum atomic E-state index is 13.4. The average molecular weight is 395 g/mol. The monoisotopic (exact) mass is 395 g/mol. The van der Waals surface area contributed by atoms with Crippen molar-refractivity contribution >= 4 is 17.6 Å². The van der Waals surface area contributed by atoms with Crippen LogP contribution < -0.4 is 14.5 Å². The van der Waals surface area contributed by atoms with Crippen LogP contribution in [0.25, 0.3) is 0 Å². The number of ether oxygens (including phenoxy) is 2. The summed E-state index contributed by atoms with van der Waals surface area (Å²) in [5, 5.41) is 0. The Morgan fingerprint density at radius 3 is 2.48 bits per heavy atom. The van der Waals surface area contributed by atoms with E-state index >= 15 is 0 Å². The van der Waals surface area contributed by atoms with Gasteiger partial charge in [-0.25, -0.2) is 0 Å². The van der Waals surface area contributed by atoms with E-state index < -0.39 is 0 Å². The molecule has 0 bridgehead atoms. The summed E-state index contributed by atoms with van der Waals surface area (Å²) in [6.07, 6.45) is 1.52. The second-order valence-corrected chi connectivity index (χ2v) is 7.69. The first-order valence-electron chi connectivity index (χ1n) is 10.2.